The van der Waals surface area contributed by atoms with Crippen LogP contribution in [0.15, 0.2) is 54.6 Å². The number of halogens is 1. The normalized spacial score (nSPS) is 20.4. The number of nitrogens with zero attached hydrogens (tertiary/aromatic N) is 6. The first-order valence-corrected chi connectivity index (χ1v) is 13.9. The lowest BCUT2D eigenvalue weighted by Crippen LogP contribution is -2.48. The molecule has 9 nitrogen and oxygen atoms in total. The first-order chi connectivity index (χ1) is 19.2. The molecule has 0 saturated carbocycles. The topological polar surface area (TPSA) is 86.0 Å². The quantitative estimate of drug-likeness (QED) is 0.497. The van der Waals surface area contributed by atoms with Gasteiger partial charge in [0.25, 0.3) is 0 Å². The van der Waals surface area contributed by atoms with Gasteiger partial charge in [0.2, 0.25) is 5.95 Å². The molecule has 3 saturated heterocycles. The molecule has 3 aliphatic heterocycles. The number of piperazine rings is 2. The van der Waals surface area contributed by atoms with Gasteiger partial charge < -0.3 is 35.4 Å². The minimum atomic E-state index is -0.179. The van der Waals surface area contributed by atoms with E-state index >= 15 is 0 Å². The third kappa shape index (κ3) is 5.63. The highest BCUT2D eigenvalue weighted by Gasteiger charge is 2.27. The van der Waals surface area contributed by atoms with Crippen LogP contribution in [0.5, 0.6) is 0 Å². The van der Waals surface area contributed by atoms with Gasteiger partial charge in [0.05, 0.1) is 18.0 Å². The number of nitrogens with one attached hydrogen (secondary N) is 1. The molecule has 206 valence electrons. The molecule has 3 N–H and O–H groups in total. The van der Waals surface area contributed by atoms with E-state index < -0.39 is 0 Å². The molecule has 1 atom stereocenters. The maximum absolute atomic E-state index is 14.4. The molecular formula is C29H37FN8O. The Morgan fingerprint density at radius 2 is 1.46 bits per heavy atom. The molecule has 3 aromatic rings. The van der Waals surface area contributed by atoms with Crippen molar-refractivity contribution in [3.8, 4) is 0 Å². The zero-order valence-corrected chi connectivity index (χ0v) is 22.3. The maximum atomic E-state index is 14.4. The van der Waals surface area contributed by atoms with Gasteiger partial charge in [-0.15, -0.1) is 0 Å². The van der Waals surface area contributed by atoms with E-state index in [4.69, 9.17) is 20.4 Å². The zero-order valence-electron chi connectivity index (χ0n) is 22.3. The Kier molecular flexibility index (Phi) is 7.76. The summed E-state index contributed by atoms with van der Waals surface area (Å²) < 4.78 is 20.5. The van der Waals surface area contributed by atoms with E-state index in [-0.39, 0.29) is 11.9 Å². The van der Waals surface area contributed by atoms with Crippen LogP contribution < -0.4 is 30.7 Å². The molecule has 1 unspecified atom stereocenters. The Morgan fingerprint density at radius 1 is 0.821 bits per heavy atom. The average Bonchev–Trinajstić information content (AvgIpc) is 3.02. The smallest absolute Gasteiger partial charge is 0.227 e. The van der Waals surface area contributed by atoms with Crippen molar-refractivity contribution in [1.29, 1.82) is 0 Å². The number of hydrogen-bond donors (Lipinski definition) is 2. The summed E-state index contributed by atoms with van der Waals surface area (Å²) >= 11 is 0. The highest BCUT2D eigenvalue weighted by molar-refractivity contribution is 5.56. The zero-order chi connectivity index (χ0) is 26.6. The number of aromatic nitrogens is 2. The number of nitrogens with two attached hydrogens (primary N) is 1. The van der Waals surface area contributed by atoms with Crippen molar-refractivity contribution in [3.63, 3.8) is 0 Å². The Hall–Kier alpha value is -3.47. The molecule has 3 fully saturated rings. The molecule has 6 rings (SSSR count). The SMILES string of the molecule is NCc1ccccc1N1CCN(c2cc(C3CNCCO3)nc(N3CCN(c4ccccc4F)CC3)n2)CC1. The van der Waals surface area contributed by atoms with E-state index in [1.807, 2.05) is 18.2 Å². The Labute approximate surface area is 229 Å². The van der Waals surface area contributed by atoms with Gasteiger partial charge in [0.15, 0.2) is 0 Å². The van der Waals surface area contributed by atoms with Crippen LogP contribution in [0.4, 0.5) is 27.5 Å². The molecule has 0 spiro atoms. The predicted molar refractivity (Wildman–Crippen MR) is 153 cm³/mol. The third-order valence-corrected chi connectivity index (χ3v) is 7.89. The Bertz CT molecular complexity index is 1250. The second kappa shape index (κ2) is 11.7. The van der Waals surface area contributed by atoms with Crippen LogP contribution in [0.3, 0.4) is 0 Å². The highest BCUT2D eigenvalue weighted by Crippen LogP contribution is 2.28. The van der Waals surface area contributed by atoms with Crippen LogP contribution in [0.1, 0.15) is 17.4 Å². The number of hydrogen-bond acceptors (Lipinski definition) is 9. The number of benzene rings is 2. The second-order valence-electron chi connectivity index (χ2n) is 10.2. The van der Waals surface area contributed by atoms with Crippen LogP contribution >= 0.6 is 0 Å². The van der Waals surface area contributed by atoms with Gasteiger partial charge in [-0.05, 0) is 23.8 Å². The van der Waals surface area contributed by atoms with Crippen molar-refractivity contribution in [2.45, 2.75) is 12.6 Å². The fourth-order valence-electron chi connectivity index (χ4n) is 5.69. The molecule has 0 aliphatic carbocycles. The summed E-state index contributed by atoms with van der Waals surface area (Å²) in [5.74, 6) is 1.48. The molecule has 3 aliphatic rings. The first kappa shape index (κ1) is 25.8. The fourth-order valence-corrected chi connectivity index (χ4v) is 5.69. The van der Waals surface area contributed by atoms with Crippen molar-refractivity contribution in [3.05, 3.63) is 71.7 Å². The van der Waals surface area contributed by atoms with Crippen LogP contribution in [0, 0.1) is 5.82 Å². The summed E-state index contributed by atoms with van der Waals surface area (Å²) in [6.45, 7) is 9.19. The minimum Gasteiger partial charge on any atom is -0.369 e. The van der Waals surface area contributed by atoms with Crippen LogP contribution in [-0.2, 0) is 11.3 Å². The number of ether oxygens (including phenoxy) is 1. The number of anilines is 4. The van der Waals surface area contributed by atoms with Gasteiger partial charge in [-0.25, -0.2) is 9.37 Å². The van der Waals surface area contributed by atoms with Gasteiger partial charge in [0, 0.05) is 83.7 Å². The van der Waals surface area contributed by atoms with Gasteiger partial charge in [0.1, 0.15) is 17.7 Å². The van der Waals surface area contributed by atoms with Gasteiger partial charge in [-0.1, -0.05) is 30.3 Å². The lowest BCUT2D eigenvalue weighted by atomic mass is 10.1. The predicted octanol–water partition coefficient (Wildman–Crippen LogP) is 2.39. The van der Waals surface area contributed by atoms with Crippen molar-refractivity contribution < 1.29 is 9.13 Å². The third-order valence-electron chi connectivity index (χ3n) is 7.89. The first-order valence-electron chi connectivity index (χ1n) is 13.9. The van der Waals surface area contributed by atoms with Crippen molar-refractivity contribution in [2.24, 2.45) is 5.73 Å². The van der Waals surface area contributed by atoms with Crippen molar-refractivity contribution in [1.82, 2.24) is 15.3 Å². The molecule has 0 radical (unpaired) electrons. The van der Waals surface area contributed by atoms with E-state index in [2.05, 4.69) is 49.2 Å². The number of para-hydroxylation sites is 2. The Balaban J connectivity index is 1.20. The summed E-state index contributed by atoms with van der Waals surface area (Å²) in [5, 5.41) is 3.42. The summed E-state index contributed by atoms with van der Waals surface area (Å²) in [4.78, 5) is 19.1. The minimum absolute atomic E-state index is 0.100. The van der Waals surface area contributed by atoms with Gasteiger partial charge in [-0.2, -0.15) is 4.98 Å². The van der Waals surface area contributed by atoms with E-state index in [9.17, 15) is 4.39 Å². The summed E-state index contributed by atoms with van der Waals surface area (Å²) in [5.41, 5.74) is 9.97. The van der Waals surface area contributed by atoms with Crippen molar-refractivity contribution >= 4 is 23.1 Å². The standard InChI is InChI=1S/C29H37FN8O/c30-23-6-2-4-8-26(23)36-12-16-38(17-13-36)29-33-24(27-21-32-9-18-39-27)19-28(34-29)37-14-10-35(11-15-37)25-7-3-1-5-22(25)20-31/h1-8,19,27,32H,9-18,20-21,31H2. The molecule has 1 aromatic heterocycles. The summed E-state index contributed by atoms with van der Waals surface area (Å²) in [7, 11) is 0. The van der Waals surface area contributed by atoms with E-state index in [1.54, 1.807) is 6.07 Å². The van der Waals surface area contributed by atoms with E-state index in [1.165, 1.54) is 17.3 Å². The fraction of sp³-hybridized carbons (Fsp3) is 0.448. The lowest BCUT2D eigenvalue weighted by molar-refractivity contribution is 0.0250. The van der Waals surface area contributed by atoms with Crippen molar-refractivity contribution in [2.75, 3.05) is 91.7 Å². The van der Waals surface area contributed by atoms with Crippen LogP contribution in [0.2, 0.25) is 0 Å². The van der Waals surface area contributed by atoms with Crippen LogP contribution in [0.25, 0.3) is 0 Å². The average molecular weight is 533 g/mol. The molecule has 39 heavy (non-hydrogen) atoms. The molecule has 0 bridgehead atoms. The van der Waals surface area contributed by atoms with Gasteiger partial charge in [-0.3, -0.25) is 0 Å². The summed E-state index contributed by atoms with van der Waals surface area (Å²) in [6.07, 6.45) is -0.100. The maximum Gasteiger partial charge on any atom is 0.227 e. The molecular weight excluding hydrogens is 495 g/mol. The molecule has 0 amide bonds. The largest absolute Gasteiger partial charge is 0.369 e. The lowest BCUT2D eigenvalue weighted by Gasteiger charge is -2.39. The number of rotatable bonds is 6. The molecule has 10 heteroatoms. The van der Waals surface area contributed by atoms with E-state index in [0.717, 1.165) is 69.8 Å². The Morgan fingerprint density at radius 3 is 2.15 bits per heavy atom. The van der Waals surface area contributed by atoms with Gasteiger partial charge >= 0.3 is 0 Å². The number of morpholine rings is 1. The van der Waals surface area contributed by atoms with E-state index in [0.29, 0.717) is 31.9 Å². The van der Waals surface area contributed by atoms with Crippen LogP contribution in [-0.4, -0.2) is 82.0 Å². The molecule has 4 heterocycles. The highest BCUT2D eigenvalue weighted by atomic mass is 19.1. The molecule has 2 aromatic carbocycles. The second-order valence-corrected chi connectivity index (χ2v) is 10.2. The monoisotopic (exact) mass is 532 g/mol. The summed E-state index contributed by atoms with van der Waals surface area (Å²) in [6, 6.07) is 17.5.